The zero-order chi connectivity index (χ0) is 27.6. The van der Waals surface area contributed by atoms with E-state index in [0.717, 1.165) is 11.9 Å². The molecule has 10 nitrogen and oxygen atoms in total. The Bertz CT molecular complexity index is 969. The van der Waals surface area contributed by atoms with Gasteiger partial charge in [-0.25, -0.2) is 0 Å². The number of nitrogens with zero attached hydrogens (tertiary/aromatic N) is 1. The fraction of sp³-hybridized carbons (Fsp3) is 0.522. The van der Waals surface area contributed by atoms with Crippen molar-refractivity contribution in [2.24, 2.45) is 0 Å². The van der Waals surface area contributed by atoms with Gasteiger partial charge in [0.1, 0.15) is 24.1 Å². The van der Waals surface area contributed by atoms with Crippen LogP contribution in [0.15, 0.2) is 18.2 Å². The van der Waals surface area contributed by atoms with Gasteiger partial charge in [0.15, 0.2) is 0 Å². The van der Waals surface area contributed by atoms with Crippen LogP contribution in [0.4, 0.5) is 13.2 Å². The smallest absolute Gasteiger partial charge is 0.391 e. The molecule has 200 valence electrons. The first-order valence-electron chi connectivity index (χ1n) is 11.0. The van der Waals surface area contributed by atoms with Gasteiger partial charge in [-0.2, -0.15) is 13.2 Å². The van der Waals surface area contributed by atoms with Crippen molar-refractivity contribution in [3.63, 3.8) is 0 Å². The highest BCUT2D eigenvalue weighted by Crippen LogP contribution is 2.25. The summed E-state index contributed by atoms with van der Waals surface area (Å²) < 4.78 is 45.1. The summed E-state index contributed by atoms with van der Waals surface area (Å²) in [6.07, 6.45) is -6.68. The summed E-state index contributed by atoms with van der Waals surface area (Å²) in [4.78, 5) is 61.3. The van der Waals surface area contributed by atoms with Crippen molar-refractivity contribution in [3.8, 4) is 5.75 Å². The fourth-order valence-corrected chi connectivity index (χ4v) is 3.52. The molecule has 13 heteroatoms. The number of hydrogen-bond acceptors (Lipinski definition) is 6. The Kier molecular flexibility index (Phi) is 11.4. The van der Waals surface area contributed by atoms with Crippen LogP contribution in [0.25, 0.3) is 0 Å². The van der Waals surface area contributed by atoms with Crippen molar-refractivity contribution >= 4 is 30.0 Å². The molecule has 0 fully saturated rings. The zero-order valence-corrected chi connectivity index (χ0v) is 20.3. The molecule has 3 atom stereocenters. The molecule has 0 radical (unpaired) electrons. The Morgan fingerprint density at radius 1 is 1.19 bits per heavy atom. The summed E-state index contributed by atoms with van der Waals surface area (Å²) in [5, 5.41) is 13.1. The number of benzene rings is 1. The third-order valence-electron chi connectivity index (χ3n) is 5.35. The highest BCUT2D eigenvalue weighted by molar-refractivity contribution is 6.00. The molecule has 0 aliphatic heterocycles. The first-order valence-corrected chi connectivity index (χ1v) is 11.0. The largest absolute Gasteiger partial charge is 0.496 e. The number of nitrogens with one attached hydrogen (secondary N) is 2. The lowest BCUT2D eigenvalue weighted by molar-refractivity contribution is -0.155. The Morgan fingerprint density at radius 3 is 2.33 bits per heavy atom. The number of aldehydes is 1. The standard InChI is InChI=1S/C23H30F3N3O7/c1-5-7-17(21(34)27-14(12-30)10-19(31)32)29(3)22(35)16(11-23(24,25)26)28-20(33)15-8-6-9-18(36-4)13(15)2/h6,8-9,12,14,16-17H,5,7,10-11H2,1-4H3,(H,27,34)(H,28,33)(H,31,32)/t14-,16-,17-/m0/s1. The number of carboxylic acids is 1. The quantitative estimate of drug-likeness (QED) is 0.339. The average molecular weight is 518 g/mol. The molecule has 0 aliphatic rings. The van der Waals surface area contributed by atoms with Crippen molar-refractivity contribution in [2.45, 2.75) is 63.8 Å². The maximum absolute atomic E-state index is 13.3. The molecule has 0 spiro atoms. The zero-order valence-electron chi connectivity index (χ0n) is 20.3. The second-order valence-corrected chi connectivity index (χ2v) is 8.08. The number of hydrogen-bond donors (Lipinski definition) is 3. The van der Waals surface area contributed by atoms with Crippen LogP contribution in [0.5, 0.6) is 5.75 Å². The molecular formula is C23H30F3N3O7. The number of carbonyl (C=O) groups excluding carboxylic acids is 4. The molecule has 1 rings (SSSR count). The van der Waals surface area contributed by atoms with E-state index in [1.165, 1.54) is 26.2 Å². The van der Waals surface area contributed by atoms with E-state index in [0.29, 0.717) is 17.7 Å². The maximum atomic E-state index is 13.3. The number of amides is 3. The summed E-state index contributed by atoms with van der Waals surface area (Å²) in [6, 6.07) is -0.370. The van der Waals surface area contributed by atoms with E-state index in [4.69, 9.17) is 9.84 Å². The normalized spacial score (nSPS) is 13.6. The minimum Gasteiger partial charge on any atom is -0.496 e. The molecule has 0 heterocycles. The summed E-state index contributed by atoms with van der Waals surface area (Å²) in [5.74, 6) is -4.07. The van der Waals surface area contributed by atoms with Gasteiger partial charge >= 0.3 is 12.1 Å². The van der Waals surface area contributed by atoms with Crippen LogP contribution in [0, 0.1) is 6.92 Å². The molecule has 0 aromatic heterocycles. The molecule has 1 aromatic carbocycles. The molecule has 1 aromatic rings. The Balaban J connectivity index is 3.22. The van der Waals surface area contributed by atoms with E-state index in [2.05, 4.69) is 10.6 Å². The van der Waals surface area contributed by atoms with Gasteiger partial charge < -0.3 is 30.2 Å². The first kappa shape index (κ1) is 30.4. The van der Waals surface area contributed by atoms with Crippen LogP contribution in [0.1, 0.15) is 48.5 Å². The third kappa shape index (κ3) is 8.86. The minimum atomic E-state index is -4.83. The maximum Gasteiger partial charge on any atom is 0.391 e. The van der Waals surface area contributed by atoms with Crippen molar-refractivity contribution in [3.05, 3.63) is 29.3 Å². The monoisotopic (exact) mass is 517 g/mol. The number of carboxylic acid groups (broad SMARTS) is 1. The predicted molar refractivity (Wildman–Crippen MR) is 121 cm³/mol. The third-order valence-corrected chi connectivity index (χ3v) is 5.35. The second kappa shape index (κ2) is 13.4. The highest BCUT2D eigenvalue weighted by Gasteiger charge is 2.40. The lowest BCUT2D eigenvalue weighted by atomic mass is 10.0. The number of likely N-dealkylation sites (N-methyl/N-ethyl adjacent to an activating group) is 1. The van der Waals surface area contributed by atoms with Crippen molar-refractivity contribution in [1.29, 1.82) is 0 Å². The lowest BCUT2D eigenvalue weighted by Crippen LogP contribution is -2.56. The van der Waals surface area contributed by atoms with E-state index in [-0.39, 0.29) is 18.3 Å². The van der Waals surface area contributed by atoms with Gasteiger partial charge in [-0.3, -0.25) is 19.2 Å². The fourth-order valence-electron chi connectivity index (χ4n) is 3.52. The molecule has 0 bridgehead atoms. The van der Waals surface area contributed by atoms with Gasteiger partial charge in [0.25, 0.3) is 5.91 Å². The van der Waals surface area contributed by atoms with E-state index >= 15 is 0 Å². The SMILES string of the molecule is CCC[C@@H](C(=O)N[C@H](C=O)CC(=O)O)N(C)C(=O)[C@H](CC(F)(F)F)NC(=O)c1cccc(OC)c1C. The topological polar surface area (TPSA) is 142 Å². The molecule has 0 saturated carbocycles. The van der Waals surface area contributed by atoms with Gasteiger partial charge in [0.2, 0.25) is 11.8 Å². The minimum absolute atomic E-state index is 0.00215. The average Bonchev–Trinajstić information content (AvgIpc) is 2.79. The molecule has 3 N–H and O–H groups in total. The summed E-state index contributed by atoms with van der Waals surface area (Å²) >= 11 is 0. The molecule has 3 amide bonds. The van der Waals surface area contributed by atoms with Crippen LogP contribution in [0.2, 0.25) is 0 Å². The van der Waals surface area contributed by atoms with Crippen molar-refractivity contribution in [2.75, 3.05) is 14.2 Å². The van der Waals surface area contributed by atoms with Gasteiger partial charge in [0.05, 0.1) is 26.0 Å². The van der Waals surface area contributed by atoms with Crippen LogP contribution in [0.3, 0.4) is 0 Å². The highest BCUT2D eigenvalue weighted by atomic mass is 19.4. The van der Waals surface area contributed by atoms with Crippen molar-refractivity contribution < 1.29 is 47.0 Å². The number of rotatable bonds is 13. The molecule has 0 saturated heterocycles. The molecule has 36 heavy (non-hydrogen) atoms. The van der Waals surface area contributed by atoms with E-state index in [1.54, 1.807) is 13.0 Å². The number of ether oxygens (including phenoxy) is 1. The number of aliphatic carboxylic acids is 1. The van der Waals surface area contributed by atoms with E-state index in [1.807, 2.05) is 0 Å². The van der Waals surface area contributed by atoms with Gasteiger partial charge in [0, 0.05) is 18.2 Å². The van der Waals surface area contributed by atoms with Crippen LogP contribution >= 0.6 is 0 Å². The predicted octanol–water partition coefficient (Wildman–Crippen LogP) is 1.84. The lowest BCUT2D eigenvalue weighted by Gasteiger charge is -2.31. The van der Waals surface area contributed by atoms with Crippen LogP contribution < -0.4 is 15.4 Å². The summed E-state index contributed by atoms with van der Waals surface area (Å²) in [6.45, 7) is 3.19. The first-order chi connectivity index (χ1) is 16.7. The molecular weight excluding hydrogens is 487 g/mol. The van der Waals surface area contributed by atoms with E-state index in [9.17, 15) is 37.1 Å². The van der Waals surface area contributed by atoms with Crippen molar-refractivity contribution in [1.82, 2.24) is 15.5 Å². The number of methoxy groups -OCH3 is 1. The molecule has 0 aliphatic carbocycles. The van der Waals surface area contributed by atoms with E-state index < -0.39 is 60.8 Å². The number of alkyl halides is 3. The van der Waals surface area contributed by atoms with Crippen LogP contribution in [-0.2, 0) is 19.2 Å². The summed E-state index contributed by atoms with van der Waals surface area (Å²) in [7, 11) is 2.46. The Morgan fingerprint density at radius 2 is 1.83 bits per heavy atom. The molecule has 0 unspecified atom stereocenters. The van der Waals surface area contributed by atoms with Gasteiger partial charge in [-0.15, -0.1) is 0 Å². The number of halogens is 3. The van der Waals surface area contributed by atoms with Crippen LogP contribution in [-0.4, -0.2) is 78.4 Å². The van der Waals surface area contributed by atoms with Gasteiger partial charge in [-0.1, -0.05) is 19.4 Å². The Labute approximate surface area is 206 Å². The number of carbonyl (C=O) groups is 5. The summed E-state index contributed by atoms with van der Waals surface area (Å²) in [5.41, 5.74) is 0.355. The second-order valence-electron chi connectivity index (χ2n) is 8.08. The Hall–Kier alpha value is -3.64. The van der Waals surface area contributed by atoms with Gasteiger partial charge in [-0.05, 0) is 25.5 Å².